The number of aromatic nitrogens is 2. The minimum Gasteiger partial charge on any atom is -0.326 e. The van der Waals surface area contributed by atoms with Gasteiger partial charge >= 0.3 is 0 Å². The number of aryl methyl sites for hydroxylation is 1. The van der Waals surface area contributed by atoms with Crippen molar-refractivity contribution in [3.8, 4) is 0 Å². The van der Waals surface area contributed by atoms with Crippen molar-refractivity contribution in [1.29, 1.82) is 0 Å². The van der Waals surface area contributed by atoms with Crippen molar-refractivity contribution in [2.45, 2.75) is 13.3 Å². The fraction of sp³-hybridized carbons (Fsp3) is 0.250. The summed E-state index contributed by atoms with van der Waals surface area (Å²) < 4.78 is 16.3. The van der Waals surface area contributed by atoms with Crippen LogP contribution in [0.25, 0.3) is 0 Å². The summed E-state index contributed by atoms with van der Waals surface area (Å²) >= 11 is 3.46. The molecule has 0 amide bonds. The molecule has 0 saturated heterocycles. The fourth-order valence-corrected chi connectivity index (χ4v) is 2.07. The number of rotatable bonds is 2. The normalized spacial score (nSPS) is 10.8. The summed E-state index contributed by atoms with van der Waals surface area (Å²) in [6.07, 6.45) is 0.509. The highest BCUT2D eigenvalue weighted by Crippen LogP contribution is 2.21. The highest BCUT2D eigenvalue weighted by atomic mass is 79.9. The molecule has 0 radical (unpaired) electrons. The quantitative estimate of drug-likeness (QED) is 0.827. The van der Waals surface area contributed by atoms with Gasteiger partial charge in [0.15, 0.2) is 0 Å². The standard InChI is InChI=1S/C12H12BrFN2/c1-8-15-11(12(13)16(8)2)7-9-5-3-4-6-10(9)14/h3-6H,7H2,1-2H3. The molecule has 16 heavy (non-hydrogen) atoms. The maximum Gasteiger partial charge on any atom is 0.126 e. The van der Waals surface area contributed by atoms with Crippen molar-refractivity contribution in [3.05, 3.63) is 51.8 Å². The van der Waals surface area contributed by atoms with Crippen LogP contribution in [0.4, 0.5) is 4.39 Å². The first-order chi connectivity index (χ1) is 7.59. The van der Waals surface area contributed by atoms with Crippen LogP contribution in [0.2, 0.25) is 0 Å². The molecule has 2 aromatic rings. The number of nitrogens with zero attached hydrogens (tertiary/aromatic N) is 2. The zero-order valence-electron chi connectivity index (χ0n) is 9.17. The minimum atomic E-state index is -0.183. The van der Waals surface area contributed by atoms with E-state index < -0.39 is 0 Å². The van der Waals surface area contributed by atoms with Crippen molar-refractivity contribution in [2.75, 3.05) is 0 Å². The van der Waals surface area contributed by atoms with Crippen LogP contribution in [0.15, 0.2) is 28.9 Å². The molecular weight excluding hydrogens is 271 g/mol. The first-order valence-corrected chi connectivity index (χ1v) is 5.80. The Hall–Kier alpha value is -1.16. The highest BCUT2D eigenvalue weighted by molar-refractivity contribution is 9.10. The summed E-state index contributed by atoms with van der Waals surface area (Å²) in [5, 5.41) is 0. The SMILES string of the molecule is Cc1nc(Cc2ccccc2F)c(Br)n1C. The lowest BCUT2D eigenvalue weighted by atomic mass is 10.1. The molecule has 0 spiro atoms. The van der Waals surface area contributed by atoms with Gasteiger partial charge in [-0.25, -0.2) is 9.37 Å². The van der Waals surface area contributed by atoms with Crippen LogP contribution in [-0.2, 0) is 13.5 Å². The molecule has 2 rings (SSSR count). The largest absolute Gasteiger partial charge is 0.326 e. The second-order valence-electron chi connectivity index (χ2n) is 3.72. The highest BCUT2D eigenvalue weighted by Gasteiger charge is 2.11. The fourth-order valence-electron chi connectivity index (χ4n) is 1.59. The molecule has 84 valence electrons. The molecule has 0 bridgehead atoms. The van der Waals surface area contributed by atoms with E-state index in [1.165, 1.54) is 6.07 Å². The Balaban J connectivity index is 2.34. The van der Waals surface area contributed by atoms with E-state index in [4.69, 9.17) is 0 Å². The van der Waals surface area contributed by atoms with Crippen LogP contribution in [0.1, 0.15) is 17.1 Å². The lowest BCUT2D eigenvalue weighted by Gasteiger charge is -2.01. The average molecular weight is 283 g/mol. The average Bonchev–Trinajstić information content (AvgIpc) is 2.50. The molecule has 1 aromatic carbocycles. The molecule has 0 aliphatic heterocycles. The van der Waals surface area contributed by atoms with Gasteiger partial charge in [0.05, 0.1) is 5.69 Å². The van der Waals surface area contributed by atoms with Crippen molar-refractivity contribution < 1.29 is 4.39 Å². The number of benzene rings is 1. The second kappa shape index (κ2) is 4.37. The Labute approximate surface area is 102 Å². The topological polar surface area (TPSA) is 17.8 Å². The van der Waals surface area contributed by atoms with Crippen molar-refractivity contribution in [2.24, 2.45) is 7.05 Å². The van der Waals surface area contributed by atoms with Gasteiger partial charge in [0.2, 0.25) is 0 Å². The van der Waals surface area contributed by atoms with E-state index in [2.05, 4.69) is 20.9 Å². The van der Waals surface area contributed by atoms with Crippen LogP contribution >= 0.6 is 15.9 Å². The van der Waals surface area contributed by atoms with Crippen LogP contribution in [0.5, 0.6) is 0 Å². The Kier molecular flexibility index (Phi) is 3.10. The molecule has 0 unspecified atom stereocenters. The summed E-state index contributed by atoms with van der Waals surface area (Å²) in [5.41, 5.74) is 1.53. The van der Waals surface area contributed by atoms with E-state index in [1.54, 1.807) is 12.1 Å². The molecule has 0 atom stereocenters. The third kappa shape index (κ3) is 2.02. The van der Waals surface area contributed by atoms with Crippen molar-refractivity contribution >= 4 is 15.9 Å². The van der Waals surface area contributed by atoms with Gasteiger partial charge in [-0.3, -0.25) is 0 Å². The van der Waals surface area contributed by atoms with Gasteiger partial charge in [-0.05, 0) is 34.5 Å². The molecule has 0 fully saturated rings. The van der Waals surface area contributed by atoms with E-state index in [9.17, 15) is 4.39 Å². The first-order valence-electron chi connectivity index (χ1n) is 5.00. The van der Waals surface area contributed by atoms with Gasteiger partial charge in [0.25, 0.3) is 0 Å². The van der Waals surface area contributed by atoms with Crippen LogP contribution in [0, 0.1) is 12.7 Å². The number of hydrogen-bond acceptors (Lipinski definition) is 1. The molecular formula is C12H12BrFN2. The molecule has 1 heterocycles. The first kappa shape index (κ1) is 11.3. The van der Waals surface area contributed by atoms with Crippen molar-refractivity contribution in [1.82, 2.24) is 9.55 Å². The molecule has 2 nitrogen and oxygen atoms in total. The smallest absolute Gasteiger partial charge is 0.126 e. The summed E-state index contributed by atoms with van der Waals surface area (Å²) in [6, 6.07) is 6.78. The zero-order chi connectivity index (χ0) is 11.7. The molecule has 0 aliphatic carbocycles. The van der Waals surface area contributed by atoms with E-state index in [0.717, 1.165) is 16.1 Å². The predicted molar refractivity (Wildman–Crippen MR) is 64.9 cm³/mol. The summed E-state index contributed by atoms with van der Waals surface area (Å²) in [5.74, 6) is 0.732. The van der Waals surface area contributed by atoms with E-state index in [0.29, 0.717) is 12.0 Å². The number of imidazole rings is 1. The van der Waals surface area contributed by atoms with E-state index in [-0.39, 0.29) is 5.82 Å². The van der Waals surface area contributed by atoms with Gasteiger partial charge in [0.1, 0.15) is 16.2 Å². The van der Waals surface area contributed by atoms with Crippen LogP contribution < -0.4 is 0 Å². The molecule has 4 heteroatoms. The molecule has 0 N–H and O–H groups in total. The summed E-state index contributed by atoms with van der Waals surface area (Å²) in [4.78, 5) is 4.40. The minimum absolute atomic E-state index is 0.183. The summed E-state index contributed by atoms with van der Waals surface area (Å²) in [7, 11) is 1.93. The summed E-state index contributed by atoms with van der Waals surface area (Å²) in [6.45, 7) is 1.93. The maximum absolute atomic E-state index is 13.5. The third-order valence-corrected chi connectivity index (χ3v) is 3.62. The number of hydrogen-bond donors (Lipinski definition) is 0. The van der Waals surface area contributed by atoms with Gasteiger partial charge in [-0.1, -0.05) is 18.2 Å². The molecule has 1 aromatic heterocycles. The Morgan fingerprint density at radius 1 is 1.38 bits per heavy atom. The van der Waals surface area contributed by atoms with Gasteiger partial charge in [0, 0.05) is 13.5 Å². The Morgan fingerprint density at radius 2 is 2.06 bits per heavy atom. The number of halogens is 2. The maximum atomic E-state index is 13.5. The van der Waals surface area contributed by atoms with Crippen molar-refractivity contribution in [3.63, 3.8) is 0 Å². The van der Waals surface area contributed by atoms with E-state index in [1.807, 2.05) is 24.6 Å². The van der Waals surface area contributed by atoms with Gasteiger partial charge in [-0.2, -0.15) is 0 Å². The molecule has 0 saturated carbocycles. The Morgan fingerprint density at radius 3 is 2.62 bits per heavy atom. The lowest BCUT2D eigenvalue weighted by molar-refractivity contribution is 0.613. The second-order valence-corrected chi connectivity index (χ2v) is 4.47. The third-order valence-electron chi connectivity index (χ3n) is 2.63. The van der Waals surface area contributed by atoms with Gasteiger partial charge < -0.3 is 4.57 Å². The predicted octanol–water partition coefficient (Wildman–Crippen LogP) is 3.22. The Bertz CT molecular complexity index is 520. The monoisotopic (exact) mass is 282 g/mol. The van der Waals surface area contributed by atoms with Gasteiger partial charge in [-0.15, -0.1) is 0 Å². The van der Waals surface area contributed by atoms with Crippen LogP contribution in [-0.4, -0.2) is 9.55 Å². The lowest BCUT2D eigenvalue weighted by Crippen LogP contribution is -1.94. The zero-order valence-corrected chi connectivity index (χ0v) is 10.8. The van der Waals surface area contributed by atoms with Crippen LogP contribution in [0.3, 0.4) is 0 Å². The molecule has 0 aliphatic rings. The van der Waals surface area contributed by atoms with E-state index >= 15 is 0 Å².